The summed E-state index contributed by atoms with van der Waals surface area (Å²) in [5.41, 5.74) is -0.927. The number of nitro groups is 1. The molecule has 3 N–H and O–H groups in total. The first-order valence-corrected chi connectivity index (χ1v) is 12.8. The average Bonchev–Trinajstić information content (AvgIpc) is 2.86. The van der Waals surface area contributed by atoms with Gasteiger partial charge in [0.25, 0.3) is 17.2 Å². The Hall–Kier alpha value is -4.04. The Labute approximate surface area is 225 Å². The van der Waals surface area contributed by atoms with Crippen LogP contribution in [-0.4, -0.2) is 47.6 Å². The zero-order chi connectivity index (χ0) is 27.8. The molecule has 4 rings (SSSR count). The molecule has 1 aromatic heterocycles. The summed E-state index contributed by atoms with van der Waals surface area (Å²) in [6, 6.07) is 12.0. The van der Waals surface area contributed by atoms with Gasteiger partial charge in [0.1, 0.15) is 0 Å². The predicted octanol–water partition coefficient (Wildman–Crippen LogP) is 4.38. The highest BCUT2D eigenvalue weighted by Crippen LogP contribution is 2.28. The lowest BCUT2D eigenvalue weighted by Crippen LogP contribution is -2.22. The lowest BCUT2D eigenvalue weighted by molar-refractivity contribution is -0.384. The number of amides is 1. The maximum Gasteiger partial charge on any atom is 0.271 e. The molecule has 0 aliphatic rings. The molecule has 0 spiro atoms. The third-order valence-corrected chi connectivity index (χ3v) is 7.89. The predicted molar refractivity (Wildman–Crippen MR) is 144 cm³/mol. The van der Waals surface area contributed by atoms with Crippen LogP contribution in [0.1, 0.15) is 10.4 Å². The fourth-order valence-corrected chi connectivity index (χ4v) is 4.59. The van der Waals surface area contributed by atoms with E-state index < -0.39 is 32.1 Å². The van der Waals surface area contributed by atoms with Gasteiger partial charge in [-0.25, -0.2) is 17.7 Å². The van der Waals surface area contributed by atoms with Crippen LogP contribution in [0, 0.1) is 10.1 Å². The molecule has 196 valence electrons. The number of halogens is 2. The SMILES string of the molecule is CN(C)S(=O)(=O)c1ccc(NC(=O)c2cc([N+](=O)[O-])cc3c(=O)[nH]c(Nc4ccc(Cl)c(Cl)c4)nc23)cc1. The highest BCUT2D eigenvalue weighted by atomic mass is 35.5. The van der Waals surface area contributed by atoms with E-state index in [0.717, 1.165) is 16.4 Å². The van der Waals surface area contributed by atoms with Crippen LogP contribution < -0.4 is 16.2 Å². The van der Waals surface area contributed by atoms with E-state index in [1.54, 1.807) is 6.07 Å². The lowest BCUT2D eigenvalue weighted by atomic mass is 10.1. The summed E-state index contributed by atoms with van der Waals surface area (Å²) in [4.78, 5) is 43.5. The monoisotopic (exact) mass is 576 g/mol. The van der Waals surface area contributed by atoms with Gasteiger partial charge in [-0.3, -0.25) is 24.7 Å². The minimum absolute atomic E-state index is 0.00696. The summed E-state index contributed by atoms with van der Waals surface area (Å²) in [5.74, 6) is -0.859. The summed E-state index contributed by atoms with van der Waals surface area (Å²) >= 11 is 12.0. The van der Waals surface area contributed by atoms with E-state index in [4.69, 9.17) is 23.2 Å². The quantitative estimate of drug-likeness (QED) is 0.215. The highest BCUT2D eigenvalue weighted by Gasteiger charge is 2.22. The Morgan fingerprint density at radius 2 is 1.68 bits per heavy atom. The van der Waals surface area contributed by atoms with Crippen LogP contribution in [0.2, 0.25) is 10.0 Å². The molecule has 4 aromatic rings. The van der Waals surface area contributed by atoms with Gasteiger partial charge in [-0.2, -0.15) is 0 Å². The molecule has 12 nitrogen and oxygen atoms in total. The Morgan fingerprint density at radius 3 is 2.29 bits per heavy atom. The second-order valence-electron chi connectivity index (χ2n) is 8.08. The largest absolute Gasteiger partial charge is 0.326 e. The minimum atomic E-state index is -3.68. The van der Waals surface area contributed by atoms with Gasteiger partial charge in [0.05, 0.1) is 36.3 Å². The molecule has 0 aliphatic carbocycles. The Kier molecular flexibility index (Phi) is 7.37. The van der Waals surface area contributed by atoms with Crippen molar-refractivity contribution in [2.45, 2.75) is 4.90 Å². The molecule has 1 heterocycles. The van der Waals surface area contributed by atoms with E-state index in [-0.39, 0.29) is 38.0 Å². The van der Waals surface area contributed by atoms with Gasteiger partial charge in [0, 0.05) is 37.6 Å². The van der Waals surface area contributed by atoms with Crippen molar-refractivity contribution in [3.05, 3.63) is 90.7 Å². The average molecular weight is 577 g/mol. The number of hydrogen-bond donors (Lipinski definition) is 3. The number of aromatic amines is 1. The van der Waals surface area contributed by atoms with Crippen LogP contribution in [0.25, 0.3) is 10.9 Å². The van der Waals surface area contributed by atoms with Crippen LogP contribution in [-0.2, 0) is 10.0 Å². The number of H-pyrrole nitrogens is 1. The Bertz CT molecular complexity index is 1760. The number of aromatic nitrogens is 2. The number of carbonyl (C=O) groups is 1. The zero-order valence-corrected chi connectivity index (χ0v) is 22.0. The first kappa shape index (κ1) is 27.0. The van der Waals surface area contributed by atoms with Gasteiger partial charge in [-0.1, -0.05) is 23.2 Å². The Balaban J connectivity index is 1.75. The maximum absolute atomic E-state index is 13.2. The van der Waals surface area contributed by atoms with Crippen LogP contribution in [0.4, 0.5) is 23.0 Å². The fourth-order valence-electron chi connectivity index (χ4n) is 3.40. The van der Waals surface area contributed by atoms with Gasteiger partial charge >= 0.3 is 0 Å². The van der Waals surface area contributed by atoms with E-state index >= 15 is 0 Å². The van der Waals surface area contributed by atoms with Gasteiger partial charge in [-0.15, -0.1) is 0 Å². The van der Waals surface area contributed by atoms with Crippen LogP contribution >= 0.6 is 23.2 Å². The van der Waals surface area contributed by atoms with Gasteiger partial charge < -0.3 is 10.6 Å². The topological polar surface area (TPSA) is 167 Å². The molecule has 0 fully saturated rings. The molecule has 15 heteroatoms. The number of anilines is 3. The van der Waals surface area contributed by atoms with Crippen LogP contribution in [0.5, 0.6) is 0 Å². The first-order valence-electron chi connectivity index (χ1n) is 10.7. The van der Waals surface area contributed by atoms with Crippen LogP contribution in [0.3, 0.4) is 0 Å². The summed E-state index contributed by atoms with van der Waals surface area (Å²) in [6.45, 7) is 0. The number of rotatable bonds is 7. The number of nitro benzene ring substituents is 1. The molecule has 3 aromatic carbocycles. The van der Waals surface area contributed by atoms with E-state index in [2.05, 4.69) is 20.6 Å². The van der Waals surface area contributed by atoms with Crippen molar-refractivity contribution in [3.63, 3.8) is 0 Å². The summed E-state index contributed by atoms with van der Waals surface area (Å²) in [7, 11) is -0.910. The lowest BCUT2D eigenvalue weighted by Gasteiger charge is -2.12. The number of nitrogens with one attached hydrogen (secondary N) is 3. The Morgan fingerprint density at radius 1 is 1.03 bits per heavy atom. The summed E-state index contributed by atoms with van der Waals surface area (Å²) in [5, 5.41) is 17.3. The number of sulfonamides is 1. The van der Waals surface area contributed by atoms with Gasteiger partial charge in [-0.05, 0) is 42.5 Å². The molecule has 0 aliphatic heterocycles. The third kappa shape index (κ3) is 5.45. The van der Waals surface area contributed by atoms with Crippen molar-refractivity contribution in [1.29, 1.82) is 0 Å². The van der Waals surface area contributed by atoms with E-state index in [1.807, 2.05) is 0 Å². The molecule has 0 unspecified atom stereocenters. The third-order valence-electron chi connectivity index (χ3n) is 5.32. The standard InChI is InChI=1S/C23H18Cl2N6O6S/c1-30(2)38(36,37)15-6-3-12(4-7-15)26-21(32)16-10-14(31(34)35)11-17-20(16)28-23(29-22(17)33)27-13-5-8-18(24)19(25)9-13/h3-11H,1-2H3,(H,26,32)(H2,27,28,29,33). The number of carbonyl (C=O) groups excluding carboxylic acids is 1. The first-order chi connectivity index (χ1) is 17.9. The van der Waals surface area contributed by atoms with Crippen molar-refractivity contribution in [2.75, 3.05) is 24.7 Å². The molecule has 0 radical (unpaired) electrons. The number of nitrogens with zero attached hydrogens (tertiary/aromatic N) is 3. The van der Waals surface area contributed by atoms with Crippen molar-refractivity contribution in [2.24, 2.45) is 0 Å². The van der Waals surface area contributed by atoms with E-state index in [1.165, 1.54) is 50.5 Å². The van der Waals surface area contributed by atoms with E-state index in [0.29, 0.717) is 10.7 Å². The van der Waals surface area contributed by atoms with Crippen molar-refractivity contribution in [3.8, 4) is 0 Å². The van der Waals surface area contributed by atoms with Crippen molar-refractivity contribution >= 4 is 73.0 Å². The van der Waals surface area contributed by atoms with Gasteiger partial charge in [0.15, 0.2) is 0 Å². The number of benzene rings is 3. The number of non-ortho nitro benzene ring substituents is 1. The second-order valence-corrected chi connectivity index (χ2v) is 11.0. The highest BCUT2D eigenvalue weighted by molar-refractivity contribution is 7.89. The molecule has 0 saturated carbocycles. The molecule has 0 saturated heterocycles. The van der Waals surface area contributed by atoms with E-state index in [9.17, 15) is 28.1 Å². The molecule has 0 bridgehead atoms. The smallest absolute Gasteiger partial charge is 0.271 e. The van der Waals surface area contributed by atoms with Crippen molar-refractivity contribution < 1.29 is 18.1 Å². The summed E-state index contributed by atoms with van der Waals surface area (Å²) in [6.07, 6.45) is 0. The molecular formula is C23H18Cl2N6O6S. The second kappa shape index (κ2) is 10.4. The zero-order valence-electron chi connectivity index (χ0n) is 19.7. The molecule has 1 amide bonds. The summed E-state index contributed by atoms with van der Waals surface area (Å²) < 4.78 is 25.6. The minimum Gasteiger partial charge on any atom is -0.326 e. The molecule has 0 atom stereocenters. The molecular weight excluding hydrogens is 559 g/mol. The number of fused-ring (bicyclic) bond motifs is 1. The van der Waals surface area contributed by atoms with Crippen molar-refractivity contribution in [1.82, 2.24) is 14.3 Å². The number of hydrogen-bond acceptors (Lipinski definition) is 8. The molecule has 38 heavy (non-hydrogen) atoms. The fraction of sp³-hybridized carbons (Fsp3) is 0.0870. The maximum atomic E-state index is 13.2. The van der Waals surface area contributed by atoms with Gasteiger partial charge in [0.2, 0.25) is 16.0 Å². The van der Waals surface area contributed by atoms with Crippen LogP contribution in [0.15, 0.2) is 64.3 Å². The normalized spacial score (nSPS) is 11.5.